The van der Waals surface area contributed by atoms with Gasteiger partial charge in [0.25, 0.3) is 0 Å². The first kappa shape index (κ1) is 21.3. The summed E-state index contributed by atoms with van der Waals surface area (Å²) in [6, 6.07) is 8.53. The third-order valence-corrected chi connectivity index (χ3v) is 3.77. The van der Waals surface area contributed by atoms with Gasteiger partial charge in [0, 0.05) is 19.9 Å². The maximum absolute atomic E-state index is 14.0. The number of halogens is 3. The molecular formula is C20H21F3N2O3. The number of hydrogen-bond donors (Lipinski definition) is 1. The van der Waals surface area contributed by atoms with Gasteiger partial charge in [-0.1, -0.05) is 12.1 Å². The van der Waals surface area contributed by atoms with Crippen molar-refractivity contribution < 1.29 is 27.5 Å². The van der Waals surface area contributed by atoms with Crippen molar-refractivity contribution >= 4 is 23.2 Å². The van der Waals surface area contributed by atoms with E-state index in [1.54, 1.807) is 24.3 Å². The summed E-state index contributed by atoms with van der Waals surface area (Å²) in [7, 11) is 0. The van der Waals surface area contributed by atoms with E-state index in [4.69, 9.17) is 4.74 Å². The Hall–Kier alpha value is -3.03. The van der Waals surface area contributed by atoms with Crippen molar-refractivity contribution in [1.29, 1.82) is 0 Å². The van der Waals surface area contributed by atoms with Crippen LogP contribution in [0.2, 0.25) is 0 Å². The molecule has 0 aromatic heterocycles. The first-order valence-electron chi connectivity index (χ1n) is 8.67. The Morgan fingerprint density at radius 3 is 2.39 bits per heavy atom. The Kier molecular flexibility index (Phi) is 7.03. The lowest BCUT2D eigenvalue weighted by Gasteiger charge is -2.22. The molecule has 0 aliphatic carbocycles. The minimum Gasteiger partial charge on any atom is -0.489 e. The molecule has 2 rings (SSSR count). The van der Waals surface area contributed by atoms with Crippen molar-refractivity contribution in [3.63, 3.8) is 0 Å². The van der Waals surface area contributed by atoms with Crippen LogP contribution in [0.5, 0.6) is 5.75 Å². The third-order valence-electron chi connectivity index (χ3n) is 3.77. The smallest absolute Gasteiger partial charge is 0.226 e. The second-order valence-corrected chi connectivity index (χ2v) is 6.33. The van der Waals surface area contributed by atoms with Crippen LogP contribution in [0.3, 0.4) is 0 Å². The molecule has 2 aromatic rings. The fourth-order valence-electron chi connectivity index (χ4n) is 2.52. The SMILES string of the molecule is CC(=O)N(CCC(=O)Nc1ccccc1OC(C)C)c1ccc(F)c(F)c1F. The van der Waals surface area contributed by atoms with E-state index >= 15 is 0 Å². The minimum absolute atomic E-state index is 0.0948. The van der Waals surface area contributed by atoms with E-state index in [-0.39, 0.29) is 19.1 Å². The van der Waals surface area contributed by atoms with Crippen LogP contribution in [0.4, 0.5) is 24.5 Å². The Bertz CT molecular complexity index is 872. The van der Waals surface area contributed by atoms with E-state index in [1.807, 2.05) is 13.8 Å². The molecule has 150 valence electrons. The van der Waals surface area contributed by atoms with Gasteiger partial charge in [-0.25, -0.2) is 13.2 Å². The number of nitrogens with zero attached hydrogens (tertiary/aromatic N) is 1. The van der Waals surface area contributed by atoms with E-state index in [0.29, 0.717) is 11.4 Å². The van der Waals surface area contributed by atoms with Gasteiger partial charge in [0.15, 0.2) is 17.5 Å². The predicted octanol–water partition coefficient (Wildman–Crippen LogP) is 4.27. The fourth-order valence-corrected chi connectivity index (χ4v) is 2.52. The van der Waals surface area contributed by atoms with Crippen LogP contribution in [0.15, 0.2) is 36.4 Å². The number of anilines is 2. The van der Waals surface area contributed by atoms with Crippen molar-refractivity contribution in [2.45, 2.75) is 33.3 Å². The van der Waals surface area contributed by atoms with Gasteiger partial charge in [-0.3, -0.25) is 9.59 Å². The van der Waals surface area contributed by atoms with E-state index < -0.39 is 35.0 Å². The summed E-state index contributed by atoms with van der Waals surface area (Å²) < 4.78 is 46.2. The van der Waals surface area contributed by atoms with Gasteiger partial charge in [0.05, 0.1) is 17.5 Å². The lowest BCUT2D eigenvalue weighted by Crippen LogP contribution is -2.33. The molecule has 0 aliphatic rings. The highest BCUT2D eigenvalue weighted by Crippen LogP contribution is 2.26. The molecule has 0 spiro atoms. The molecular weight excluding hydrogens is 373 g/mol. The zero-order valence-electron chi connectivity index (χ0n) is 15.8. The largest absolute Gasteiger partial charge is 0.489 e. The van der Waals surface area contributed by atoms with Gasteiger partial charge in [-0.2, -0.15) is 0 Å². The van der Waals surface area contributed by atoms with Gasteiger partial charge >= 0.3 is 0 Å². The molecule has 2 amide bonds. The van der Waals surface area contributed by atoms with E-state index in [9.17, 15) is 22.8 Å². The van der Waals surface area contributed by atoms with Gasteiger partial charge in [-0.05, 0) is 38.1 Å². The van der Waals surface area contributed by atoms with Gasteiger partial charge in [-0.15, -0.1) is 0 Å². The van der Waals surface area contributed by atoms with Crippen LogP contribution in [0.25, 0.3) is 0 Å². The average Bonchev–Trinajstić information content (AvgIpc) is 2.62. The summed E-state index contributed by atoms with van der Waals surface area (Å²) in [5.74, 6) is -5.08. The van der Waals surface area contributed by atoms with Crippen LogP contribution in [-0.2, 0) is 9.59 Å². The summed E-state index contributed by atoms with van der Waals surface area (Å²) in [6.45, 7) is 4.63. The number of hydrogen-bond acceptors (Lipinski definition) is 3. The normalized spacial score (nSPS) is 10.7. The molecule has 0 saturated heterocycles. The summed E-state index contributed by atoms with van der Waals surface area (Å²) in [6.07, 6.45) is -0.281. The minimum atomic E-state index is -1.67. The van der Waals surface area contributed by atoms with Gasteiger partial charge in [0.2, 0.25) is 11.8 Å². The number of carbonyl (C=O) groups is 2. The quantitative estimate of drug-likeness (QED) is 0.714. The van der Waals surface area contributed by atoms with E-state index in [1.165, 1.54) is 0 Å². The first-order valence-corrected chi connectivity index (χ1v) is 8.67. The highest BCUT2D eigenvalue weighted by molar-refractivity contribution is 5.95. The molecule has 2 aromatic carbocycles. The standard InChI is InChI=1S/C20H21F3N2O3/c1-12(2)28-17-7-5-4-6-15(17)24-18(27)10-11-25(13(3)26)16-9-8-14(21)19(22)20(16)23/h4-9,12H,10-11H2,1-3H3,(H,24,27). The zero-order chi connectivity index (χ0) is 20.8. The van der Waals surface area contributed by atoms with E-state index in [2.05, 4.69) is 5.32 Å². The summed E-state index contributed by atoms with van der Waals surface area (Å²) in [4.78, 5) is 25.0. The topological polar surface area (TPSA) is 58.6 Å². The molecule has 0 heterocycles. The number of ether oxygens (including phenoxy) is 1. The van der Waals surface area contributed by atoms with Crippen molar-refractivity contribution in [3.8, 4) is 5.75 Å². The number of carbonyl (C=O) groups excluding carboxylic acids is 2. The Morgan fingerprint density at radius 1 is 1.07 bits per heavy atom. The summed E-state index contributed by atoms with van der Waals surface area (Å²) in [5.41, 5.74) is 0.0253. The molecule has 8 heteroatoms. The number of para-hydroxylation sites is 2. The Labute approximate surface area is 161 Å². The lowest BCUT2D eigenvalue weighted by atomic mass is 10.2. The van der Waals surface area contributed by atoms with Gasteiger partial charge in [0.1, 0.15) is 5.75 Å². The Morgan fingerprint density at radius 2 is 1.75 bits per heavy atom. The Balaban J connectivity index is 2.10. The molecule has 5 nitrogen and oxygen atoms in total. The zero-order valence-corrected chi connectivity index (χ0v) is 15.8. The van der Waals surface area contributed by atoms with Crippen LogP contribution in [-0.4, -0.2) is 24.5 Å². The second kappa shape index (κ2) is 9.25. The molecule has 0 unspecified atom stereocenters. The van der Waals surface area contributed by atoms with Crippen molar-refractivity contribution in [2.75, 3.05) is 16.8 Å². The van der Waals surface area contributed by atoms with Crippen LogP contribution < -0.4 is 15.0 Å². The third kappa shape index (κ3) is 5.25. The van der Waals surface area contributed by atoms with E-state index in [0.717, 1.165) is 24.0 Å². The molecule has 1 N–H and O–H groups in total. The molecule has 28 heavy (non-hydrogen) atoms. The van der Waals surface area contributed by atoms with Crippen molar-refractivity contribution in [1.82, 2.24) is 0 Å². The fraction of sp³-hybridized carbons (Fsp3) is 0.300. The van der Waals surface area contributed by atoms with Crippen molar-refractivity contribution in [3.05, 3.63) is 53.8 Å². The molecule has 0 aliphatic heterocycles. The monoisotopic (exact) mass is 394 g/mol. The second-order valence-electron chi connectivity index (χ2n) is 6.33. The molecule has 0 radical (unpaired) electrons. The average molecular weight is 394 g/mol. The van der Waals surface area contributed by atoms with Gasteiger partial charge < -0.3 is 15.0 Å². The highest BCUT2D eigenvalue weighted by atomic mass is 19.2. The first-order chi connectivity index (χ1) is 13.2. The highest BCUT2D eigenvalue weighted by Gasteiger charge is 2.22. The van der Waals surface area contributed by atoms with Crippen LogP contribution in [0, 0.1) is 17.5 Å². The lowest BCUT2D eigenvalue weighted by molar-refractivity contribution is -0.117. The van der Waals surface area contributed by atoms with Crippen LogP contribution in [0.1, 0.15) is 27.2 Å². The van der Waals surface area contributed by atoms with Crippen molar-refractivity contribution in [2.24, 2.45) is 0 Å². The molecule has 0 atom stereocenters. The maximum atomic E-state index is 14.0. The molecule has 0 fully saturated rings. The molecule has 0 saturated carbocycles. The number of rotatable bonds is 7. The maximum Gasteiger partial charge on any atom is 0.226 e. The number of benzene rings is 2. The summed E-state index contributed by atoms with van der Waals surface area (Å²) in [5, 5.41) is 2.67. The molecule has 0 bridgehead atoms. The van der Waals surface area contributed by atoms with Crippen LogP contribution >= 0.6 is 0 Å². The summed E-state index contributed by atoms with van der Waals surface area (Å²) >= 11 is 0. The predicted molar refractivity (Wildman–Crippen MR) is 99.8 cm³/mol. The number of nitrogens with one attached hydrogen (secondary N) is 1. The number of amides is 2.